The first-order chi connectivity index (χ1) is 11.5. The Kier molecular flexibility index (Phi) is 5.69. The van der Waals surface area contributed by atoms with Gasteiger partial charge in [0.1, 0.15) is 5.25 Å². The molecule has 1 aromatic carbocycles. The molecular weight excluding hydrogens is 369 g/mol. The van der Waals surface area contributed by atoms with E-state index in [4.69, 9.17) is 23.2 Å². The molecule has 0 radical (unpaired) electrons. The lowest BCUT2D eigenvalue weighted by Crippen LogP contribution is -2.33. The first-order valence-corrected chi connectivity index (χ1v) is 9.45. The van der Waals surface area contributed by atoms with Crippen molar-refractivity contribution in [3.05, 3.63) is 28.2 Å². The molecule has 1 fully saturated rings. The maximum Gasteiger partial charge on any atom is 0.262 e. The maximum absolute atomic E-state index is 12.2. The molecule has 2 aliphatic heterocycles. The number of carbonyl (C=O) groups is 2. The first kappa shape index (κ1) is 17.6. The molecule has 2 heterocycles. The van der Waals surface area contributed by atoms with Crippen LogP contribution in [-0.2, 0) is 9.59 Å². The van der Waals surface area contributed by atoms with Gasteiger partial charge >= 0.3 is 0 Å². The Morgan fingerprint density at radius 2 is 2.00 bits per heavy atom. The van der Waals surface area contributed by atoms with Gasteiger partial charge in [-0.3, -0.25) is 9.59 Å². The number of hydrogen-bond acceptors (Lipinski definition) is 4. The number of anilines is 1. The van der Waals surface area contributed by atoms with Crippen LogP contribution in [0.2, 0.25) is 10.0 Å². The number of hydrogen-bond donors (Lipinski definition) is 1. The Bertz CT molecular complexity index is 690. The van der Waals surface area contributed by atoms with Crippen LogP contribution < -0.4 is 5.32 Å². The van der Waals surface area contributed by atoms with Crippen molar-refractivity contribution in [2.24, 2.45) is 4.99 Å². The minimum absolute atomic E-state index is 0.0879. The van der Waals surface area contributed by atoms with E-state index < -0.39 is 5.25 Å². The molecular formula is C16H17Cl2N3O2S. The molecule has 1 atom stereocenters. The molecule has 0 bridgehead atoms. The lowest BCUT2D eigenvalue weighted by Gasteiger charge is -2.27. The number of benzene rings is 1. The SMILES string of the molecule is O=C(C[C@@H]1SC(N2CCCCC2)=NC1=O)Nc1ccc(Cl)c(Cl)c1. The average molecular weight is 386 g/mol. The third-order valence-corrected chi connectivity index (χ3v) is 5.88. The van der Waals surface area contributed by atoms with Crippen molar-refractivity contribution in [1.82, 2.24) is 4.90 Å². The lowest BCUT2D eigenvalue weighted by atomic mass is 10.1. The highest BCUT2D eigenvalue weighted by Gasteiger charge is 2.33. The zero-order chi connectivity index (χ0) is 17.1. The van der Waals surface area contributed by atoms with Gasteiger partial charge in [0.25, 0.3) is 5.91 Å². The maximum atomic E-state index is 12.2. The van der Waals surface area contributed by atoms with Crippen molar-refractivity contribution >= 4 is 57.6 Å². The highest BCUT2D eigenvalue weighted by atomic mass is 35.5. The van der Waals surface area contributed by atoms with Crippen LogP contribution in [0.4, 0.5) is 5.69 Å². The third kappa shape index (κ3) is 4.23. The summed E-state index contributed by atoms with van der Waals surface area (Å²) in [5, 5.41) is 3.84. The number of thioether (sulfide) groups is 1. The summed E-state index contributed by atoms with van der Waals surface area (Å²) >= 11 is 13.2. The molecule has 2 amide bonds. The van der Waals surface area contributed by atoms with Gasteiger partial charge in [-0.05, 0) is 37.5 Å². The average Bonchev–Trinajstić information content (AvgIpc) is 2.93. The van der Waals surface area contributed by atoms with E-state index >= 15 is 0 Å². The number of piperidine rings is 1. The number of aliphatic imine (C=N–C) groups is 1. The minimum atomic E-state index is -0.454. The fraction of sp³-hybridized carbons (Fsp3) is 0.438. The molecule has 128 valence electrons. The number of likely N-dealkylation sites (tertiary alicyclic amines) is 1. The molecule has 0 aliphatic carbocycles. The molecule has 1 N–H and O–H groups in total. The normalized spacial score (nSPS) is 20.9. The molecule has 2 aliphatic rings. The van der Waals surface area contributed by atoms with E-state index in [2.05, 4.69) is 15.2 Å². The summed E-state index contributed by atoms with van der Waals surface area (Å²) in [5.74, 6) is -0.473. The molecule has 1 saturated heterocycles. The fourth-order valence-corrected chi connectivity index (χ4v) is 4.10. The number of nitrogens with one attached hydrogen (secondary N) is 1. The van der Waals surface area contributed by atoms with E-state index in [-0.39, 0.29) is 18.2 Å². The van der Waals surface area contributed by atoms with Crippen LogP contribution in [0.1, 0.15) is 25.7 Å². The Labute approximate surface area is 154 Å². The zero-order valence-electron chi connectivity index (χ0n) is 12.9. The van der Waals surface area contributed by atoms with Gasteiger partial charge in [0.05, 0.1) is 10.0 Å². The van der Waals surface area contributed by atoms with Gasteiger partial charge in [-0.15, -0.1) is 0 Å². The Balaban J connectivity index is 1.55. The summed E-state index contributed by atoms with van der Waals surface area (Å²) in [5.41, 5.74) is 0.557. The van der Waals surface area contributed by atoms with Crippen molar-refractivity contribution in [2.45, 2.75) is 30.9 Å². The number of nitrogens with zero attached hydrogens (tertiary/aromatic N) is 2. The van der Waals surface area contributed by atoms with E-state index in [0.29, 0.717) is 15.7 Å². The molecule has 0 unspecified atom stereocenters. The van der Waals surface area contributed by atoms with Crippen molar-refractivity contribution in [3.8, 4) is 0 Å². The standard InChI is InChI=1S/C16H17Cl2N3O2S/c17-11-5-4-10(8-12(11)18)19-14(22)9-13-15(23)20-16(24-13)21-6-2-1-3-7-21/h4-5,8,13H,1-3,6-7,9H2,(H,19,22)/t13-/m0/s1. The van der Waals surface area contributed by atoms with Crippen molar-refractivity contribution in [1.29, 1.82) is 0 Å². The minimum Gasteiger partial charge on any atom is -0.351 e. The molecule has 3 rings (SSSR count). The van der Waals surface area contributed by atoms with Crippen LogP contribution in [0.25, 0.3) is 0 Å². The van der Waals surface area contributed by atoms with Crippen LogP contribution in [-0.4, -0.2) is 40.2 Å². The Morgan fingerprint density at radius 1 is 1.25 bits per heavy atom. The second kappa shape index (κ2) is 7.76. The fourth-order valence-electron chi connectivity index (χ4n) is 2.68. The van der Waals surface area contributed by atoms with Crippen LogP contribution in [0.5, 0.6) is 0 Å². The number of carbonyl (C=O) groups excluding carboxylic acids is 2. The van der Waals surface area contributed by atoms with E-state index in [1.165, 1.54) is 18.2 Å². The number of amidine groups is 1. The number of amides is 2. The molecule has 0 spiro atoms. The Morgan fingerprint density at radius 3 is 2.71 bits per heavy atom. The summed E-state index contributed by atoms with van der Waals surface area (Å²) in [6.45, 7) is 1.86. The third-order valence-electron chi connectivity index (χ3n) is 3.93. The summed E-state index contributed by atoms with van der Waals surface area (Å²) in [6, 6.07) is 4.87. The first-order valence-electron chi connectivity index (χ1n) is 7.82. The molecule has 8 heteroatoms. The predicted molar refractivity (Wildman–Crippen MR) is 99.0 cm³/mol. The van der Waals surface area contributed by atoms with E-state index in [9.17, 15) is 9.59 Å². The van der Waals surface area contributed by atoms with E-state index in [1.807, 2.05) is 0 Å². The van der Waals surface area contributed by atoms with Gasteiger partial charge in [0.15, 0.2) is 5.17 Å². The van der Waals surface area contributed by atoms with Crippen molar-refractivity contribution in [2.75, 3.05) is 18.4 Å². The van der Waals surface area contributed by atoms with Crippen molar-refractivity contribution in [3.63, 3.8) is 0 Å². The molecule has 24 heavy (non-hydrogen) atoms. The quantitative estimate of drug-likeness (QED) is 0.858. The zero-order valence-corrected chi connectivity index (χ0v) is 15.3. The molecule has 0 aromatic heterocycles. The second-order valence-electron chi connectivity index (χ2n) is 5.77. The van der Waals surface area contributed by atoms with E-state index in [0.717, 1.165) is 31.1 Å². The lowest BCUT2D eigenvalue weighted by molar-refractivity contribution is -0.121. The van der Waals surface area contributed by atoms with Gasteiger partial charge in [-0.1, -0.05) is 35.0 Å². The Hall–Kier alpha value is -1.24. The highest BCUT2D eigenvalue weighted by molar-refractivity contribution is 8.15. The largest absolute Gasteiger partial charge is 0.351 e. The van der Waals surface area contributed by atoms with Gasteiger partial charge in [0, 0.05) is 25.2 Å². The van der Waals surface area contributed by atoms with Gasteiger partial charge in [0.2, 0.25) is 5.91 Å². The van der Waals surface area contributed by atoms with Crippen LogP contribution in [0, 0.1) is 0 Å². The van der Waals surface area contributed by atoms with Gasteiger partial charge < -0.3 is 10.2 Å². The molecule has 0 saturated carbocycles. The van der Waals surface area contributed by atoms with Gasteiger partial charge in [-0.25, -0.2) is 0 Å². The second-order valence-corrected chi connectivity index (χ2v) is 7.75. The summed E-state index contributed by atoms with van der Waals surface area (Å²) in [6.07, 6.45) is 3.55. The highest BCUT2D eigenvalue weighted by Crippen LogP contribution is 2.29. The smallest absolute Gasteiger partial charge is 0.262 e. The summed E-state index contributed by atoms with van der Waals surface area (Å²) in [7, 11) is 0. The summed E-state index contributed by atoms with van der Waals surface area (Å²) < 4.78 is 0. The number of rotatable bonds is 3. The van der Waals surface area contributed by atoms with Crippen LogP contribution >= 0.6 is 35.0 Å². The topological polar surface area (TPSA) is 61.8 Å². The van der Waals surface area contributed by atoms with Gasteiger partial charge in [-0.2, -0.15) is 4.99 Å². The number of halogens is 2. The molecule has 1 aromatic rings. The predicted octanol–water partition coefficient (Wildman–Crippen LogP) is 3.81. The van der Waals surface area contributed by atoms with E-state index in [1.54, 1.807) is 18.2 Å². The van der Waals surface area contributed by atoms with Crippen molar-refractivity contribution < 1.29 is 9.59 Å². The van der Waals surface area contributed by atoms with Crippen LogP contribution in [0.15, 0.2) is 23.2 Å². The monoisotopic (exact) mass is 385 g/mol. The molecule has 5 nitrogen and oxygen atoms in total. The van der Waals surface area contributed by atoms with Crippen LogP contribution in [0.3, 0.4) is 0 Å². The summed E-state index contributed by atoms with van der Waals surface area (Å²) in [4.78, 5) is 30.5.